The molecule has 0 aromatic heterocycles. The highest BCUT2D eigenvalue weighted by Crippen LogP contribution is 2.59. The van der Waals surface area contributed by atoms with Crippen LogP contribution >= 0.6 is 0 Å². The third-order valence-electron chi connectivity index (χ3n) is 7.34. The van der Waals surface area contributed by atoms with Crippen LogP contribution in [0.5, 0.6) is 0 Å². The molecule has 1 aromatic rings. The molecule has 0 N–H and O–H groups in total. The number of hydrogen-bond donors (Lipinski definition) is 0. The van der Waals surface area contributed by atoms with Gasteiger partial charge in [-0.15, -0.1) is 10.3 Å². The first-order valence-electron chi connectivity index (χ1n) is 10.0. The number of carbonyl (C=O) groups excluding carboxylic acids is 1. The van der Waals surface area contributed by atoms with Crippen molar-refractivity contribution in [1.29, 1.82) is 0 Å². The Morgan fingerprint density at radius 1 is 1.36 bits per heavy atom. The maximum absolute atomic E-state index is 14.4. The molecule has 0 saturated heterocycles. The van der Waals surface area contributed by atoms with E-state index in [-0.39, 0.29) is 12.0 Å². The average Bonchev–Trinajstić information content (AvgIpc) is 2.96. The van der Waals surface area contributed by atoms with Crippen molar-refractivity contribution in [3.05, 3.63) is 29.3 Å². The molecular weight excluding hydrogens is 375 g/mol. The highest BCUT2D eigenvalue weighted by Gasteiger charge is 2.54. The fourth-order valence-corrected chi connectivity index (χ4v) is 6.55. The quantitative estimate of drug-likeness (QED) is 0.549. The normalized spacial score (nSPS) is 33.4. The van der Waals surface area contributed by atoms with Crippen LogP contribution in [0.4, 0.5) is 9.57 Å². The molecule has 2 unspecified atom stereocenters. The van der Waals surface area contributed by atoms with Gasteiger partial charge in [-0.05, 0) is 73.1 Å². The molecule has 2 saturated carbocycles. The number of nitrogens with zero attached hydrogens (tertiary/aromatic N) is 2. The minimum absolute atomic E-state index is 0.0631. The molecule has 5 atom stereocenters. The van der Waals surface area contributed by atoms with Crippen LogP contribution in [0.2, 0.25) is 0 Å². The number of aryl methyl sites for hydroxylation is 1. The van der Waals surface area contributed by atoms with Gasteiger partial charge in [0.1, 0.15) is 5.78 Å². The van der Waals surface area contributed by atoms with Gasteiger partial charge in [0.2, 0.25) is 0 Å². The lowest BCUT2D eigenvalue weighted by Gasteiger charge is -2.48. The topological polar surface area (TPSA) is 49.7 Å². The van der Waals surface area contributed by atoms with Crippen LogP contribution in [0.25, 0.3) is 0 Å². The molecule has 0 heterocycles. The van der Waals surface area contributed by atoms with E-state index in [1.54, 1.807) is 6.07 Å². The summed E-state index contributed by atoms with van der Waals surface area (Å²) in [5.74, 6) is 4.23. The molecular formula is C22H27FN2O2S. The van der Waals surface area contributed by atoms with Gasteiger partial charge in [0, 0.05) is 18.9 Å². The predicted octanol–water partition coefficient (Wildman–Crippen LogP) is 4.58. The second-order valence-corrected chi connectivity index (χ2v) is 10.4. The lowest BCUT2D eigenvalue weighted by atomic mass is 9.55. The number of rotatable bonds is 3. The highest BCUT2D eigenvalue weighted by molar-refractivity contribution is 7.86. The van der Waals surface area contributed by atoms with E-state index in [2.05, 4.69) is 17.2 Å². The van der Waals surface area contributed by atoms with E-state index in [1.165, 1.54) is 18.2 Å². The van der Waals surface area contributed by atoms with Crippen molar-refractivity contribution in [3.63, 3.8) is 0 Å². The molecule has 0 bridgehead atoms. The predicted molar refractivity (Wildman–Crippen MR) is 109 cm³/mol. The Morgan fingerprint density at radius 2 is 2.14 bits per heavy atom. The Bertz CT molecular complexity index is 975. The third kappa shape index (κ3) is 3.09. The zero-order valence-electron chi connectivity index (χ0n) is 16.5. The van der Waals surface area contributed by atoms with Crippen molar-refractivity contribution in [2.75, 3.05) is 13.6 Å². The second-order valence-electron chi connectivity index (χ2n) is 8.73. The van der Waals surface area contributed by atoms with Crippen LogP contribution in [0, 0.1) is 29.6 Å². The summed E-state index contributed by atoms with van der Waals surface area (Å²) < 4.78 is 31.4. The molecule has 0 aliphatic heterocycles. The Labute approximate surface area is 167 Å². The van der Waals surface area contributed by atoms with Crippen molar-refractivity contribution in [2.24, 2.45) is 21.6 Å². The average molecular weight is 403 g/mol. The monoisotopic (exact) mass is 402 g/mol. The largest absolute Gasteiger partial charge is 0.299 e. The second kappa shape index (κ2) is 6.96. The van der Waals surface area contributed by atoms with Crippen molar-refractivity contribution < 1.29 is 12.9 Å². The number of ketones is 1. The van der Waals surface area contributed by atoms with Gasteiger partial charge in [-0.2, -0.15) is 12.9 Å². The van der Waals surface area contributed by atoms with E-state index in [1.807, 2.05) is 12.1 Å². The van der Waals surface area contributed by atoms with Gasteiger partial charge in [0.15, 0.2) is 0 Å². The van der Waals surface area contributed by atoms with E-state index in [4.69, 9.17) is 6.42 Å². The third-order valence-corrected chi connectivity index (χ3v) is 8.67. The zero-order chi connectivity index (χ0) is 20.1. The molecule has 150 valence electrons. The van der Waals surface area contributed by atoms with E-state index in [0.717, 1.165) is 42.8 Å². The lowest BCUT2D eigenvalue weighted by molar-refractivity contribution is -0.129. The molecule has 2 fully saturated rings. The molecule has 6 heteroatoms. The molecule has 0 radical (unpaired) electrons. The number of fused-ring (bicyclic) bond motifs is 5. The van der Waals surface area contributed by atoms with Gasteiger partial charge in [0.05, 0.1) is 12.2 Å². The summed E-state index contributed by atoms with van der Waals surface area (Å²) in [6.07, 6.45) is 10.9. The number of benzene rings is 1. The minimum Gasteiger partial charge on any atom is -0.299 e. The Balaban J connectivity index is 1.63. The molecule has 0 spiro atoms. The van der Waals surface area contributed by atoms with Crippen molar-refractivity contribution in [3.8, 4) is 12.3 Å². The number of Topliss-reactive ketones (excluding diaryl/α,β-unsaturated/α-hetero) is 1. The van der Waals surface area contributed by atoms with Crippen LogP contribution < -0.4 is 0 Å². The Hall–Kier alpha value is -1.71. The van der Waals surface area contributed by atoms with Gasteiger partial charge in [-0.1, -0.05) is 18.9 Å². The maximum Gasteiger partial charge on any atom is 0.276 e. The Morgan fingerprint density at radius 3 is 2.89 bits per heavy atom. The minimum atomic E-state index is -4.02. The highest BCUT2D eigenvalue weighted by atomic mass is 32.3. The molecule has 1 aromatic carbocycles. The summed E-state index contributed by atoms with van der Waals surface area (Å²) in [6.45, 7) is 2.11. The van der Waals surface area contributed by atoms with Crippen molar-refractivity contribution in [2.45, 2.75) is 51.4 Å². The van der Waals surface area contributed by atoms with E-state index >= 15 is 0 Å². The SMILES string of the molecule is C#CCN(C)S(=O)(F)=Nc1ccc2c(c1)CC[C@H]1C3CCC(=O)[C@@]3(C)CC[C@H]21. The summed E-state index contributed by atoms with van der Waals surface area (Å²) in [6, 6.07) is 5.67. The Kier molecular flexibility index (Phi) is 4.87. The van der Waals surface area contributed by atoms with Crippen LogP contribution in [0.15, 0.2) is 22.6 Å². The number of carbonyl (C=O) groups is 1. The number of terminal acetylenes is 1. The van der Waals surface area contributed by atoms with Gasteiger partial charge >= 0.3 is 0 Å². The van der Waals surface area contributed by atoms with E-state index in [9.17, 15) is 12.9 Å². The standard InChI is InChI=1S/C22H27FN2O2S/c1-4-13-25(3)28(23,27)24-16-6-8-17-15(14-16)5-7-19-18(17)11-12-22(2)20(19)9-10-21(22)26/h1,6,8,14,18-20H,5,7,9-13H2,2-3H3/t18-,19-,20?,22+,28?/m1/s1. The molecule has 4 rings (SSSR count). The molecule has 4 nitrogen and oxygen atoms in total. The summed E-state index contributed by atoms with van der Waals surface area (Å²) >= 11 is 0. The first-order valence-corrected chi connectivity index (χ1v) is 11.4. The van der Waals surface area contributed by atoms with Crippen molar-refractivity contribution in [1.82, 2.24) is 4.31 Å². The summed E-state index contributed by atoms with van der Waals surface area (Å²) in [4.78, 5) is 12.4. The maximum atomic E-state index is 14.4. The number of hydrogen-bond acceptors (Lipinski definition) is 3. The van der Waals surface area contributed by atoms with Crippen LogP contribution in [0.1, 0.15) is 56.1 Å². The summed E-state index contributed by atoms with van der Waals surface area (Å²) in [5.41, 5.74) is 2.74. The fourth-order valence-electron chi connectivity index (χ4n) is 5.80. The molecule has 0 amide bonds. The summed E-state index contributed by atoms with van der Waals surface area (Å²) in [5, 5.41) is 0. The van der Waals surface area contributed by atoms with Gasteiger partial charge in [-0.3, -0.25) is 4.79 Å². The van der Waals surface area contributed by atoms with E-state index < -0.39 is 10.3 Å². The molecule has 28 heavy (non-hydrogen) atoms. The summed E-state index contributed by atoms with van der Waals surface area (Å²) in [7, 11) is -2.65. The zero-order valence-corrected chi connectivity index (χ0v) is 17.3. The first kappa shape index (κ1) is 19.6. The van der Waals surface area contributed by atoms with Crippen LogP contribution in [-0.4, -0.2) is 27.9 Å². The van der Waals surface area contributed by atoms with Crippen LogP contribution in [-0.2, 0) is 21.5 Å². The van der Waals surface area contributed by atoms with Gasteiger partial charge < -0.3 is 0 Å². The molecule has 3 aliphatic rings. The first-order chi connectivity index (χ1) is 13.3. The molecule has 3 aliphatic carbocycles. The van der Waals surface area contributed by atoms with Gasteiger partial charge in [0.25, 0.3) is 10.3 Å². The van der Waals surface area contributed by atoms with Gasteiger partial charge in [-0.25, -0.2) is 0 Å². The smallest absolute Gasteiger partial charge is 0.276 e. The van der Waals surface area contributed by atoms with E-state index in [0.29, 0.717) is 29.2 Å². The lowest BCUT2D eigenvalue weighted by Crippen LogP contribution is -2.42. The van der Waals surface area contributed by atoms with Crippen LogP contribution in [0.3, 0.4) is 0 Å². The number of halogens is 1. The van der Waals surface area contributed by atoms with Crippen molar-refractivity contribution >= 4 is 21.8 Å². The fraction of sp³-hybridized carbons (Fsp3) is 0.591.